The van der Waals surface area contributed by atoms with Crippen molar-refractivity contribution in [3.63, 3.8) is 0 Å². The van der Waals surface area contributed by atoms with E-state index in [9.17, 15) is 0 Å². The van der Waals surface area contributed by atoms with Crippen LogP contribution in [0.3, 0.4) is 0 Å². The molecule has 0 amide bonds. The lowest BCUT2D eigenvalue weighted by Gasteiger charge is -1.88. The van der Waals surface area contributed by atoms with Crippen LogP contribution in [0.5, 0.6) is 0 Å². The van der Waals surface area contributed by atoms with Crippen molar-refractivity contribution in [3.05, 3.63) is 30.7 Å². The zero-order chi connectivity index (χ0) is 7.97. The lowest BCUT2D eigenvalue weighted by atomic mass is 10.2. The SMILES string of the molecule is Cl.c1cc2c(ccc3cn[nH]c32)o1. The highest BCUT2D eigenvalue weighted by Crippen LogP contribution is 2.23. The summed E-state index contributed by atoms with van der Waals surface area (Å²) in [6, 6.07) is 5.88. The molecule has 0 radical (unpaired) electrons. The van der Waals surface area contributed by atoms with Gasteiger partial charge in [0.25, 0.3) is 0 Å². The maximum absolute atomic E-state index is 5.25. The Balaban J connectivity index is 0.000000653. The number of fused-ring (bicyclic) bond motifs is 3. The molecule has 3 aromatic rings. The average Bonchev–Trinajstić information content (AvgIpc) is 2.71. The molecule has 0 atom stereocenters. The lowest BCUT2D eigenvalue weighted by molar-refractivity contribution is 0.616. The zero-order valence-corrected chi connectivity index (χ0v) is 7.47. The fourth-order valence-electron chi connectivity index (χ4n) is 1.46. The van der Waals surface area contributed by atoms with E-state index >= 15 is 0 Å². The van der Waals surface area contributed by atoms with Crippen LogP contribution in [-0.4, -0.2) is 10.2 Å². The van der Waals surface area contributed by atoms with Crippen LogP contribution in [0.25, 0.3) is 21.9 Å². The molecule has 2 aromatic heterocycles. The van der Waals surface area contributed by atoms with Crippen molar-refractivity contribution in [2.45, 2.75) is 0 Å². The molecule has 0 aliphatic rings. The van der Waals surface area contributed by atoms with Gasteiger partial charge >= 0.3 is 0 Å². The van der Waals surface area contributed by atoms with Gasteiger partial charge in [0.1, 0.15) is 5.58 Å². The van der Waals surface area contributed by atoms with Gasteiger partial charge in [0, 0.05) is 10.8 Å². The van der Waals surface area contributed by atoms with E-state index in [4.69, 9.17) is 4.42 Å². The molecule has 1 aromatic carbocycles. The Labute approximate surface area is 80.1 Å². The number of benzene rings is 1. The van der Waals surface area contributed by atoms with Crippen LogP contribution < -0.4 is 0 Å². The molecule has 13 heavy (non-hydrogen) atoms. The van der Waals surface area contributed by atoms with Gasteiger partial charge in [-0.25, -0.2) is 0 Å². The van der Waals surface area contributed by atoms with Crippen molar-refractivity contribution in [1.29, 1.82) is 0 Å². The maximum atomic E-state index is 5.25. The first-order valence-electron chi connectivity index (χ1n) is 3.74. The molecule has 0 saturated heterocycles. The van der Waals surface area contributed by atoms with Gasteiger partial charge in [0.05, 0.1) is 18.0 Å². The van der Waals surface area contributed by atoms with Gasteiger partial charge in [-0.3, -0.25) is 5.10 Å². The molecule has 0 bridgehead atoms. The third-order valence-corrected chi connectivity index (χ3v) is 2.05. The number of hydrogen-bond acceptors (Lipinski definition) is 2. The number of aromatic nitrogens is 2. The normalized spacial score (nSPS) is 10.5. The Morgan fingerprint density at radius 1 is 1.23 bits per heavy atom. The minimum Gasteiger partial charge on any atom is -0.464 e. The first-order chi connectivity index (χ1) is 5.95. The maximum Gasteiger partial charge on any atom is 0.136 e. The van der Waals surface area contributed by atoms with Crippen molar-refractivity contribution in [2.24, 2.45) is 0 Å². The molecule has 66 valence electrons. The summed E-state index contributed by atoms with van der Waals surface area (Å²) in [5.41, 5.74) is 1.94. The van der Waals surface area contributed by atoms with Gasteiger partial charge in [-0.15, -0.1) is 12.4 Å². The Hall–Kier alpha value is -1.48. The van der Waals surface area contributed by atoms with Crippen molar-refractivity contribution < 1.29 is 4.42 Å². The smallest absolute Gasteiger partial charge is 0.136 e. The number of hydrogen-bond donors (Lipinski definition) is 1. The summed E-state index contributed by atoms with van der Waals surface area (Å²) in [7, 11) is 0. The second-order valence-electron chi connectivity index (χ2n) is 2.73. The highest BCUT2D eigenvalue weighted by atomic mass is 35.5. The number of nitrogens with zero attached hydrogens (tertiary/aromatic N) is 1. The molecule has 0 fully saturated rings. The average molecular weight is 195 g/mol. The topological polar surface area (TPSA) is 41.8 Å². The van der Waals surface area contributed by atoms with Gasteiger partial charge in [-0.05, 0) is 18.2 Å². The van der Waals surface area contributed by atoms with E-state index in [1.807, 2.05) is 24.4 Å². The number of rotatable bonds is 0. The Bertz CT molecular complexity index is 491. The molecule has 0 spiro atoms. The summed E-state index contributed by atoms with van der Waals surface area (Å²) in [6.07, 6.45) is 3.49. The first kappa shape index (κ1) is 8.13. The van der Waals surface area contributed by atoms with Gasteiger partial charge in [-0.1, -0.05) is 0 Å². The Morgan fingerprint density at radius 3 is 3.08 bits per heavy atom. The number of H-pyrrole nitrogens is 1. The number of furan rings is 1. The number of nitrogens with one attached hydrogen (secondary N) is 1. The lowest BCUT2D eigenvalue weighted by Crippen LogP contribution is -1.69. The van der Waals surface area contributed by atoms with Crippen LogP contribution in [-0.2, 0) is 0 Å². The third-order valence-electron chi connectivity index (χ3n) is 2.05. The van der Waals surface area contributed by atoms with E-state index < -0.39 is 0 Å². The fourth-order valence-corrected chi connectivity index (χ4v) is 1.46. The standard InChI is InChI=1S/C9H6N2O.ClH/c1-2-8-7(3-4-12-8)9-6(1)5-10-11-9;/h1-5H,(H,10,11);1H. The van der Waals surface area contributed by atoms with Crippen LogP contribution in [0, 0.1) is 0 Å². The highest BCUT2D eigenvalue weighted by molar-refractivity contribution is 6.02. The quantitative estimate of drug-likeness (QED) is 0.598. The summed E-state index contributed by atoms with van der Waals surface area (Å²) in [6.45, 7) is 0. The van der Waals surface area contributed by atoms with Gasteiger partial charge in [0.2, 0.25) is 0 Å². The molecule has 0 aliphatic carbocycles. The minimum absolute atomic E-state index is 0. The molecule has 0 unspecified atom stereocenters. The van der Waals surface area contributed by atoms with Crippen LogP contribution in [0.1, 0.15) is 0 Å². The van der Waals surface area contributed by atoms with Gasteiger partial charge < -0.3 is 4.42 Å². The van der Waals surface area contributed by atoms with E-state index in [0.717, 1.165) is 21.9 Å². The predicted molar refractivity (Wildman–Crippen MR) is 53.1 cm³/mol. The molecule has 1 N–H and O–H groups in total. The Morgan fingerprint density at radius 2 is 2.15 bits per heavy atom. The second kappa shape index (κ2) is 2.78. The van der Waals surface area contributed by atoms with Crippen molar-refractivity contribution in [3.8, 4) is 0 Å². The minimum atomic E-state index is 0. The van der Waals surface area contributed by atoms with Gasteiger partial charge in [0.15, 0.2) is 0 Å². The predicted octanol–water partition coefficient (Wildman–Crippen LogP) is 2.73. The molecule has 0 aliphatic heterocycles. The monoisotopic (exact) mass is 194 g/mol. The molecule has 3 nitrogen and oxygen atoms in total. The van der Waals surface area contributed by atoms with Crippen molar-refractivity contribution in [2.75, 3.05) is 0 Å². The number of aromatic amines is 1. The van der Waals surface area contributed by atoms with Crippen LogP contribution in [0.15, 0.2) is 35.1 Å². The van der Waals surface area contributed by atoms with Crippen molar-refractivity contribution in [1.82, 2.24) is 10.2 Å². The highest BCUT2D eigenvalue weighted by Gasteiger charge is 2.02. The zero-order valence-electron chi connectivity index (χ0n) is 6.65. The summed E-state index contributed by atoms with van der Waals surface area (Å²) in [4.78, 5) is 0. The van der Waals surface area contributed by atoms with E-state index in [0.29, 0.717) is 0 Å². The summed E-state index contributed by atoms with van der Waals surface area (Å²) < 4.78 is 5.25. The van der Waals surface area contributed by atoms with Crippen LogP contribution in [0.4, 0.5) is 0 Å². The fraction of sp³-hybridized carbons (Fsp3) is 0. The van der Waals surface area contributed by atoms with E-state index in [2.05, 4.69) is 10.2 Å². The van der Waals surface area contributed by atoms with Crippen LogP contribution >= 0.6 is 12.4 Å². The second-order valence-corrected chi connectivity index (χ2v) is 2.73. The van der Waals surface area contributed by atoms with Crippen LogP contribution in [0.2, 0.25) is 0 Å². The molecule has 0 saturated carbocycles. The van der Waals surface area contributed by atoms with E-state index in [-0.39, 0.29) is 12.4 Å². The summed E-state index contributed by atoms with van der Waals surface area (Å²) in [5.74, 6) is 0. The summed E-state index contributed by atoms with van der Waals surface area (Å²) >= 11 is 0. The summed E-state index contributed by atoms with van der Waals surface area (Å²) in [5, 5.41) is 9.11. The Kier molecular flexibility index (Phi) is 1.74. The van der Waals surface area contributed by atoms with Crippen molar-refractivity contribution >= 4 is 34.3 Å². The van der Waals surface area contributed by atoms with E-state index in [1.165, 1.54) is 0 Å². The number of halogens is 1. The molecule has 4 heteroatoms. The molecular formula is C9H7ClN2O. The first-order valence-corrected chi connectivity index (χ1v) is 3.74. The third kappa shape index (κ3) is 1.01. The van der Waals surface area contributed by atoms with E-state index in [1.54, 1.807) is 6.26 Å². The van der Waals surface area contributed by atoms with Gasteiger partial charge in [-0.2, -0.15) is 5.10 Å². The largest absolute Gasteiger partial charge is 0.464 e. The molecule has 3 rings (SSSR count). The molecular weight excluding hydrogens is 188 g/mol. The molecule has 2 heterocycles.